The Hall–Kier alpha value is -1.27. The molecule has 0 aromatic carbocycles. The molecule has 1 aromatic heterocycles. The lowest BCUT2D eigenvalue weighted by Gasteiger charge is -2.32. The average molecular weight is 255 g/mol. The first-order valence-corrected chi connectivity index (χ1v) is 6.34. The lowest BCUT2D eigenvalue weighted by molar-refractivity contribution is 0.0607. The number of likely N-dealkylation sites (N-methyl/N-ethyl adjacent to an activating group) is 1. The van der Waals surface area contributed by atoms with Gasteiger partial charge in [-0.2, -0.15) is 0 Å². The molecule has 0 unspecified atom stereocenters. The topological polar surface area (TPSA) is 58.8 Å². The number of carbonyl (C=O) groups excluding carboxylic acids is 1. The molecule has 17 heavy (non-hydrogen) atoms. The Morgan fingerprint density at radius 2 is 2.06 bits per heavy atom. The van der Waals surface area contributed by atoms with Crippen LogP contribution in [0.25, 0.3) is 0 Å². The van der Waals surface area contributed by atoms with Crippen LogP contribution in [-0.4, -0.2) is 51.2 Å². The lowest BCUT2D eigenvalue weighted by atomic mass is 10.3. The molecule has 1 saturated heterocycles. The van der Waals surface area contributed by atoms with Gasteiger partial charge < -0.3 is 20.3 Å². The third kappa shape index (κ3) is 2.53. The second-order valence-corrected chi connectivity index (χ2v) is 5.18. The minimum absolute atomic E-state index is 0.354. The zero-order valence-corrected chi connectivity index (χ0v) is 10.9. The van der Waals surface area contributed by atoms with Crippen molar-refractivity contribution in [1.29, 1.82) is 0 Å². The minimum atomic E-state index is -0.354. The number of anilines is 2. The molecule has 0 amide bonds. The second-order valence-electron chi connectivity index (χ2n) is 4.15. The van der Waals surface area contributed by atoms with E-state index < -0.39 is 0 Å². The number of carbonyl (C=O) groups is 1. The Bertz CT molecular complexity index is 411. The Kier molecular flexibility index (Phi) is 3.54. The molecule has 0 radical (unpaired) electrons. The van der Waals surface area contributed by atoms with Crippen LogP contribution in [0.5, 0.6) is 0 Å². The Labute approximate surface area is 105 Å². The highest BCUT2D eigenvalue weighted by Crippen LogP contribution is 2.33. The van der Waals surface area contributed by atoms with E-state index in [2.05, 4.69) is 16.8 Å². The van der Waals surface area contributed by atoms with Gasteiger partial charge in [0.25, 0.3) is 0 Å². The predicted octanol–water partition coefficient (Wildman–Crippen LogP) is 0.869. The monoisotopic (exact) mass is 255 g/mol. The molecular weight excluding hydrogens is 238 g/mol. The average Bonchev–Trinajstić information content (AvgIpc) is 2.71. The van der Waals surface area contributed by atoms with Gasteiger partial charge in [-0.3, -0.25) is 0 Å². The van der Waals surface area contributed by atoms with Crippen molar-refractivity contribution in [2.45, 2.75) is 0 Å². The molecule has 0 atom stereocenters. The van der Waals surface area contributed by atoms with Crippen LogP contribution in [0.1, 0.15) is 9.67 Å². The summed E-state index contributed by atoms with van der Waals surface area (Å²) in [7, 11) is 3.48. The van der Waals surface area contributed by atoms with E-state index in [0.717, 1.165) is 31.2 Å². The van der Waals surface area contributed by atoms with Crippen molar-refractivity contribution in [2.75, 3.05) is 51.0 Å². The van der Waals surface area contributed by atoms with E-state index in [-0.39, 0.29) is 5.97 Å². The molecule has 5 nitrogen and oxygen atoms in total. The number of methoxy groups -OCH3 is 1. The largest absolute Gasteiger partial charge is 0.465 e. The van der Waals surface area contributed by atoms with E-state index in [4.69, 9.17) is 10.5 Å². The highest BCUT2D eigenvalue weighted by molar-refractivity contribution is 7.18. The van der Waals surface area contributed by atoms with Gasteiger partial charge in [-0.25, -0.2) is 4.79 Å². The maximum absolute atomic E-state index is 11.5. The number of nitrogen functional groups attached to an aromatic ring is 1. The fraction of sp³-hybridized carbons (Fsp3) is 0.545. The van der Waals surface area contributed by atoms with Crippen LogP contribution in [0, 0.1) is 0 Å². The van der Waals surface area contributed by atoms with Crippen molar-refractivity contribution in [3.05, 3.63) is 10.9 Å². The molecule has 0 saturated carbocycles. The lowest BCUT2D eigenvalue weighted by Crippen LogP contribution is -2.44. The van der Waals surface area contributed by atoms with Gasteiger partial charge in [0.15, 0.2) is 0 Å². The van der Waals surface area contributed by atoms with Gasteiger partial charge in [-0.1, -0.05) is 0 Å². The normalized spacial score (nSPS) is 17.2. The number of nitrogens with zero attached hydrogens (tertiary/aromatic N) is 2. The maximum atomic E-state index is 11.5. The molecule has 94 valence electrons. The van der Waals surface area contributed by atoms with E-state index in [1.807, 2.05) is 6.07 Å². The smallest absolute Gasteiger partial charge is 0.350 e. The van der Waals surface area contributed by atoms with Crippen molar-refractivity contribution in [3.8, 4) is 0 Å². The molecule has 1 aliphatic heterocycles. The van der Waals surface area contributed by atoms with E-state index in [1.54, 1.807) is 0 Å². The molecule has 1 fully saturated rings. The summed E-state index contributed by atoms with van der Waals surface area (Å²) in [6.45, 7) is 4.00. The Morgan fingerprint density at radius 1 is 1.41 bits per heavy atom. The number of thiophene rings is 1. The van der Waals surface area contributed by atoms with Crippen molar-refractivity contribution >= 4 is 28.0 Å². The number of hydrogen-bond acceptors (Lipinski definition) is 6. The van der Waals surface area contributed by atoms with Crippen LogP contribution in [0.3, 0.4) is 0 Å². The van der Waals surface area contributed by atoms with Crippen molar-refractivity contribution in [2.24, 2.45) is 0 Å². The first-order chi connectivity index (χ1) is 8.11. The van der Waals surface area contributed by atoms with Crippen LogP contribution in [0.2, 0.25) is 0 Å². The van der Waals surface area contributed by atoms with Crippen LogP contribution < -0.4 is 10.6 Å². The molecule has 0 spiro atoms. The van der Waals surface area contributed by atoms with Gasteiger partial charge in [0, 0.05) is 26.2 Å². The molecule has 2 rings (SSSR count). The molecule has 1 aromatic rings. The fourth-order valence-electron chi connectivity index (χ4n) is 1.83. The highest BCUT2D eigenvalue weighted by atomic mass is 32.1. The van der Waals surface area contributed by atoms with Crippen LogP contribution in [0.15, 0.2) is 6.07 Å². The summed E-state index contributed by atoms with van der Waals surface area (Å²) in [5, 5.41) is 1.05. The third-order valence-corrected chi connectivity index (χ3v) is 4.13. The van der Waals surface area contributed by atoms with Gasteiger partial charge >= 0.3 is 5.97 Å². The molecular formula is C11H17N3O2S. The predicted molar refractivity (Wildman–Crippen MR) is 69.8 cm³/mol. The minimum Gasteiger partial charge on any atom is -0.465 e. The van der Waals surface area contributed by atoms with E-state index in [9.17, 15) is 4.79 Å². The summed E-state index contributed by atoms with van der Waals surface area (Å²) in [6.07, 6.45) is 0. The quantitative estimate of drug-likeness (QED) is 0.795. The van der Waals surface area contributed by atoms with Crippen molar-refractivity contribution < 1.29 is 9.53 Å². The van der Waals surface area contributed by atoms with Crippen LogP contribution >= 0.6 is 11.3 Å². The molecule has 2 N–H and O–H groups in total. The first-order valence-electron chi connectivity index (χ1n) is 5.53. The number of hydrogen-bond donors (Lipinski definition) is 1. The number of nitrogens with two attached hydrogens (primary N) is 1. The number of rotatable bonds is 2. The second kappa shape index (κ2) is 4.93. The first kappa shape index (κ1) is 12.2. The number of piperazine rings is 1. The van der Waals surface area contributed by atoms with Gasteiger partial charge in [0.1, 0.15) is 4.88 Å². The van der Waals surface area contributed by atoms with Gasteiger partial charge in [0.05, 0.1) is 17.8 Å². The van der Waals surface area contributed by atoms with Gasteiger partial charge in [0.2, 0.25) is 0 Å². The summed E-state index contributed by atoms with van der Waals surface area (Å²) in [5.41, 5.74) is 6.33. The third-order valence-electron chi connectivity index (χ3n) is 2.93. The van der Waals surface area contributed by atoms with Crippen LogP contribution in [-0.2, 0) is 4.74 Å². The van der Waals surface area contributed by atoms with Crippen molar-refractivity contribution in [3.63, 3.8) is 0 Å². The summed E-state index contributed by atoms with van der Waals surface area (Å²) in [5.74, 6) is -0.354. The van der Waals surface area contributed by atoms with Crippen molar-refractivity contribution in [1.82, 2.24) is 4.90 Å². The maximum Gasteiger partial charge on any atom is 0.350 e. The zero-order valence-electron chi connectivity index (χ0n) is 10.1. The molecule has 2 heterocycles. The summed E-state index contributed by atoms with van der Waals surface area (Å²) in [6, 6.07) is 1.86. The van der Waals surface area contributed by atoms with Gasteiger partial charge in [-0.05, 0) is 13.1 Å². The summed E-state index contributed by atoms with van der Waals surface area (Å²) in [4.78, 5) is 16.5. The molecule has 1 aliphatic rings. The molecule has 6 heteroatoms. The molecule has 0 bridgehead atoms. The van der Waals surface area contributed by atoms with Gasteiger partial charge in [-0.15, -0.1) is 11.3 Å². The SMILES string of the molecule is COC(=O)c1sc(N2CCN(C)CC2)cc1N. The number of ether oxygens (including phenoxy) is 1. The highest BCUT2D eigenvalue weighted by Gasteiger charge is 2.20. The fourth-order valence-corrected chi connectivity index (χ4v) is 2.88. The summed E-state index contributed by atoms with van der Waals surface area (Å²) < 4.78 is 4.70. The standard InChI is InChI=1S/C11H17N3O2S/c1-13-3-5-14(6-4-13)9-7-8(12)10(17-9)11(15)16-2/h7H,3-6,12H2,1-2H3. The van der Waals surface area contributed by atoms with Crippen LogP contribution in [0.4, 0.5) is 10.7 Å². The van der Waals surface area contributed by atoms with E-state index >= 15 is 0 Å². The summed E-state index contributed by atoms with van der Waals surface area (Å²) >= 11 is 1.41. The van der Waals surface area contributed by atoms with E-state index in [0.29, 0.717) is 10.6 Å². The molecule has 0 aliphatic carbocycles. The van der Waals surface area contributed by atoms with E-state index in [1.165, 1.54) is 18.4 Å². The number of esters is 1. The zero-order chi connectivity index (χ0) is 12.4. The Morgan fingerprint density at radius 3 is 2.65 bits per heavy atom. The Balaban J connectivity index is 2.14.